The molecule has 2 unspecified atom stereocenters. The second kappa shape index (κ2) is 5.01. The second-order valence-corrected chi connectivity index (χ2v) is 5.28. The zero-order valence-electron chi connectivity index (χ0n) is 10.9. The van der Waals surface area contributed by atoms with Crippen molar-refractivity contribution < 1.29 is 4.79 Å². The largest absolute Gasteiger partial charge is 0.306 e. The molecule has 2 atom stereocenters. The topological polar surface area (TPSA) is 20.3 Å². The summed E-state index contributed by atoms with van der Waals surface area (Å²) in [7, 11) is 2.19. The van der Waals surface area contributed by atoms with Gasteiger partial charge in [0.1, 0.15) is 0 Å². The van der Waals surface area contributed by atoms with Crippen molar-refractivity contribution in [2.24, 2.45) is 5.92 Å². The maximum atomic E-state index is 11.2. The summed E-state index contributed by atoms with van der Waals surface area (Å²) >= 11 is 0. The number of hydrogen-bond acceptors (Lipinski definition) is 2. The number of Topliss-reactive ketones (excluding diaryl/α,β-unsaturated/α-hetero) is 1. The Morgan fingerprint density at radius 1 is 1.35 bits per heavy atom. The molecular formula is C15H21NO. The van der Waals surface area contributed by atoms with Gasteiger partial charge in [0, 0.05) is 12.1 Å². The Morgan fingerprint density at radius 3 is 2.47 bits per heavy atom. The first-order valence-electron chi connectivity index (χ1n) is 6.37. The van der Waals surface area contributed by atoms with Crippen molar-refractivity contribution in [1.29, 1.82) is 0 Å². The van der Waals surface area contributed by atoms with E-state index in [0.717, 1.165) is 11.5 Å². The highest BCUT2D eigenvalue weighted by atomic mass is 16.1. The van der Waals surface area contributed by atoms with Crippen LogP contribution in [0.5, 0.6) is 0 Å². The average molecular weight is 231 g/mol. The summed E-state index contributed by atoms with van der Waals surface area (Å²) in [6, 6.07) is 8.12. The molecule has 0 aliphatic carbocycles. The van der Waals surface area contributed by atoms with Crippen LogP contribution in [0.2, 0.25) is 0 Å². The molecule has 1 heterocycles. The van der Waals surface area contributed by atoms with Crippen molar-refractivity contribution >= 4 is 5.78 Å². The fourth-order valence-electron chi connectivity index (χ4n) is 2.67. The van der Waals surface area contributed by atoms with Gasteiger partial charge in [0.25, 0.3) is 0 Å². The van der Waals surface area contributed by atoms with Gasteiger partial charge in [-0.2, -0.15) is 0 Å². The Bertz CT molecular complexity index is 396. The number of hydrogen-bond donors (Lipinski definition) is 0. The minimum Gasteiger partial charge on any atom is -0.306 e. The fraction of sp³-hybridized carbons (Fsp3) is 0.533. The number of rotatable bonds is 3. The Kier molecular flexibility index (Phi) is 3.63. The molecule has 1 saturated heterocycles. The third-order valence-corrected chi connectivity index (χ3v) is 3.98. The first-order chi connectivity index (χ1) is 8.08. The van der Waals surface area contributed by atoms with Gasteiger partial charge in [-0.1, -0.05) is 31.2 Å². The molecule has 0 N–H and O–H groups in total. The standard InChI is InChI=1S/C15H21NO/c1-11(15-8-9-16(3)10-15)13-4-6-14(7-5-13)12(2)17/h4-7,11,15H,8-10H2,1-3H3. The van der Waals surface area contributed by atoms with E-state index in [2.05, 4.69) is 31.0 Å². The predicted molar refractivity (Wildman–Crippen MR) is 70.5 cm³/mol. The molecule has 92 valence electrons. The first-order valence-corrected chi connectivity index (χ1v) is 6.37. The average Bonchev–Trinajstić information content (AvgIpc) is 2.75. The van der Waals surface area contributed by atoms with Gasteiger partial charge in [0.15, 0.2) is 5.78 Å². The van der Waals surface area contributed by atoms with Gasteiger partial charge in [0.2, 0.25) is 0 Å². The molecule has 1 aromatic carbocycles. The van der Waals surface area contributed by atoms with Crippen LogP contribution in [-0.2, 0) is 0 Å². The lowest BCUT2D eigenvalue weighted by molar-refractivity contribution is 0.101. The van der Waals surface area contributed by atoms with E-state index in [9.17, 15) is 4.79 Å². The van der Waals surface area contributed by atoms with Gasteiger partial charge in [-0.25, -0.2) is 0 Å². The van der Waals surface area contributed by atoms with Gasteiger partial charge < -0.3 is 4.90 Å². The number of carbonyl (C=O) groups excluding carboxylic acids is 1. The van der Waals surface area contributed by atoms with Gasteiger partial charge in [-0.05, 0) is 44.3 Å². The van der Waals surface area contributed by atoms with E-state index in [0.29, 0.717) is 5.92 Å². The highest BCUT2D eigenvalue weighted by Gasteiger charge is 2.25. The van der Waals surface area contributed by atoms with E-state index in [1.807, 2.05) is 12.1 Å². The van der Waals surface area contributed by atoms with Gasteiger partial charge >= 0.3 is 0 Å². The van der Waals surface area contributed by atoms with E-state index in [1.165, 1.54) is 25.1 Å². The molecule has 0 amide bonds. The highest BCUT2D eigenvalue weighted by Crippen LogP contribution is 2.31. The Balaban J connectivity index is 2.09. The van der Waals surface area contributed by atoms with Crippen molar-refractivity contribution in [2.45, 2.75) is 26.2 Å². The lowest BCUT2D eigenvalue weighted by atomic mass is 9.86. The summed E-state index contributed by atoms with van der Waals surface area (Å²) in [4.78, 5) is 13.6. The number of carbonyl (C=O) groups is 1. The summed E-state index contributed by atoms with van der Waals surface area (Å²) in [5.41, 5.74) is 2.17. The van der Waals surface area contributed by atoms with E-state index in [4.69, 9.17) is 0 Å². The molecule has 2 heteroatoms. The van der Waals surface area contributed by atoms with Crippen molar-refractivity contribution in [2.75, 3.05) is 20.1 Å². The molecule has 1 aliphatic heterocycles. The molecule has 1 aromatic rings. The molecule has 0 aromatic heterocycles. The van der Waals surface area contributed by atoms with Crippen LogP contribution in [0.3, 0.4) is 0 Å². The zero-order chi connectivity index (χ0) is 12.4. The minimum absolute atomic E-state index is 0.143. The molecule has 17 heavy (non-hydrogen) atoms. The molecule has 1 fully saturated rings. The highest BCUT2D eigenvalue weighted by molar-refractivity contribution is 5.94. The second-order valence-electron chi connectivity index (χ2n) is 5.28. The van der Waals surface area contributed by atoms with Crippen molar-refractivity contribution in [1.82, 2.24) is 4.90 Å². The van der Waals surface area contributed by atoms with Gasteiger partial charge in [0.05, 0.1) is 0 Å². The summed E-state index contributed by atoms with van der Waals surface area (Å²) in [5.74, 6) is 1.48. The number of likely N-dealkylation sites (tertiary alicyclic amines) is 1. The van der Waals surface area contributed by atoms with Crippen LogP contribution in [0, 0.1) is 5.92 Å². The maximum Gasteiger partial charge on any atom is 0.159 e. The van der Waals surface area contributed by atoms with Crippen molar-refractivity contribution in [3.8, 4) is 0 Å². The van der Waals surface area contributed by atoms with Crippen LogP contribution >= 0.6 is 0 Å². The monoisotopic (exact) mass is 231 g/mol. The van der Waals surface area contributed by atoms with E-state index >= 15 is 0 Å². The molecule has 0 radical (unpaired) electrons. The van der Waals surface area contributed by atoms with Crippen molar-refractivity contribution in [3.05, 3.63) is 35.4 Å². The molecule has 0 bridgehead atoms. The maximum absolute atomic E-state index is 11.2. The summed E-state index contributed by atoms with van der Waals surface area (Å²) < 4.78 is 0. The zero-order valence-corrected chi connectivity index (χ0v) is 10.9. The summed E-state index contributed by atoms with van der Waals surface area (Å²) in [5, 5.41) is 0. The quantitative estimate of drug-likeness (QED) is 0.745. The van der Waals surface area contributed by atoms with Gasteiger partial charge in [-0.3, -0.25) is 4.79 Å². The molecule has 0 saturated carbocycles. The van der Waals surface area contributed by atoms with E-state index in [1.54, 1.807) is 6.92 Å². The smallest absolute Gasteiger partial charge is 0.159 e. The summed E-state index contributed by atoms with van der Waals surface area (Å²) in [6.45, 7) is 6.31. The molecular weight excluding hydrogens is 210 g/mol. The van der Waals surface area contributed by atoms with Crippen LogP contribution in [0.25, 0.3) is 0 Å². The minimum atomic E-state index is 0.143. The van der Waals surface area contributed by atoms with Crippen LogP contribution in [0.15, 0.2) is 24.3 Å². The predicted octanol–water partition coefficient (Wildman–Crippen LogP) is 2.94. The van der Waals surface area contributed by atoms with Crippen molar-refractivity contribution in [3.63, 3.8) is 0 Å². The Morgan fingerprint density at radius 2 is 2.00 bits per heavy atom. The lowest BCUT2D eigenvalue weighted by Crippen LogP contribution is -2.17. The third-order valence-electron chi connectivity index (χ3n) is 3.98. The Labute approximate surface area is 104 Å². The molecule has 2 nitrogen and oxygen atoms in total. The Hall–Kier alpha value is -1.15. The number of ketones is 1. The third kappa shape index (κ3) is 2.75. The van der Waals surface area contributed by atoms with Crippen LogP contribution in [0.4, 0.5) is 0 Å². The van der Waals surface area contributed by atoms with Crippen LogP contribution < -0.4 is 0 Å². The SMILES string of the molecule is CC(=O)c1ccc(C(C)C2CCN(C)C2)cc1. The normalized spacial score (nSPS) is 22.6. The molecule has 2 rings (SSSR count). The van der Waals surface area contributed by atoms with Crippen LogP contribution in [-0.4, -0.2) is 30.8 Å². The lowest BCUT2D eigenvalue weighted by Gasteiger charge is -2.19. The fourth-order valence-corrected chi connectivity index (χ4v) is 2.67. The molecule has 0 spiro atoms. The number of nitrogens with zero attached hydrogens (tertiary/aromatic N) is 1. The van der Waals surface area contributed by atoms with Crippen LogP contribution in [0.1, 0.15) is 42.1 Å². The van der Waals surface area contributed by atoms with Gasteiger partial charge in [-0.15, -0.1) is 0 Å². The molecule has 1 aliphatic rings. The summed E-state index contributed by atoms with van der Waals surface area (Å²) in [6.07, 6.45) is 1.28. The first kappa shape index (κ1) is 12.3. The van der Waals surface area contributed by atoms with E-state index < -0.39 is 0 Å². The number of benzene rings is 1. The van der Waals surface area contributed by atoms with E-state index in [-0.39, 0.29) is 5.78 Å².